The summed E-state index contributed by atoms with van der Waals surface area (Å²) in [5.74, 6) is 0. The first-order valence-electron chi connectivity index (χ1n) is 8.91. The Morgan fingerprint density at radius 2 is 1.00 bits per heavy atom. The van der Waals surface area contributed by atoms with E-state index in [9.17, 15) is 10.2 Å². The Hall–Kier alpha value is -1.22. The van der Waals surface area contributed by atoms with E-state index < -0.39 is 34.9 Å². The fourth-order valence-electron chi connectivity index (χ4n) is 3.47. The van der Waals surface area contributed by atoms with Gasteiger partial charge >= 0.3 is 0 Å². The molecule has 2 aromatic rings. The number of benzene rings is 2. The molecule has 2 fully saturated rings. The summed E-state index contributed by atoms with van der Waals surface area (Å²) < 4.78 is 23.6. The molecule has 4 rings (SSSR count). The molecule has 2 heterocycles. The molecular weight excluding hydrogens is 407 g/mol. The summed E-state index contributed by atoms with van der Waals surface area (Å²) in [6.07, 6.45) is -3.22. The van der Waals surface area contributed by atoms with Crippen LogP contribution in [0.5, 0.6) is 0 Å². The molecule has 2 aliphatic heterocycles. The lowest BCUT2D eigenvalue weighted by Gasteiger charge is -2.25. The lowest BCUT2D eigenvalue weighted by atomic mass is 10.0. The highest BCUT2D eigenvalue weighted by Gasteiger charge is 2.58. The molecule has 0 aliphatic carbocycles. The van der Waals surface area contributed by atoms with Crippen molar-refractivity contribution >= 4 is 23.2 Å². The van der Waals surface area contributed by atoms with Gasteiger partial charge in [-0.05, 0) is 0 Å². The summed E-state index contributed by atoms with van der Waals surface area (Å²) in [5, 5.41) is 16.5. The van der Waals surface area contributed by atoms with Crippen molar-refractivity contribution in [3.05, 3.63) is 71.8 Å². The van der Waals surface area contributed by atoms with Gasteiger partial charge in [-0.2, -0.15) is 0 Å². The number of ether oxygens (including phenoxy) is 4. The maximum Gasteiger partial charge on any atom is 0.277 e. The Bertz CT molecular complexity index is 726. The van der Waals surface area contributed by atoms with Gasteiger partial charge in [0.15, 0.2) is 0 Å². The zero-order valence-electron chi connectivity index (χ0n) is 14.8. The van der Waals surface area contributed by atoms with Gasteiger partial charge in [-0.1, -0.05) is 83.9 Å². The molecule has 28 heavy (non-hydrogen) atoms. The first kappa shape index (κ1) is 20.1. The van der Waals surface area contributed by atoms with Gasteiger partial charge in [0.1, 0.15) is 24.4 Å². The molecule has 2 aliphatic rings. The second-order valence-electron chi connectivity index (χ2n) is 6.65. The number of aliphatic hydroxyl groups excluding tert-OH is 2. The molecular formula is C20H20Cl2O6. The van der Waals surface area contributed by atoms with Crippen molar-refractivity contribution in [1.29, 1.82) is 0 Å². The van der Waals surface area contributed by atoms with Crippen molar-refractivity contribution < 1.29 is 29.2 Å². The van der Waals surface area contributed by atoms with E-state index in [4.69, 9.17) is 42.1 Å². The maximum atomic E-state index is 9.83. The zero-order chi connectivity index (χ0) is 19.8. The van der Waals surface area contributed by atoms with Gasteiger partial charge in [0, 0.05) is 11.1 Å². The molecule has 2 unspecified atom stereocenters. The van der Waals surface area contributed by atoms with Gasteiger partial charge in [-0.3, -0.25) is 0 Å². The Labute approximate surface area is 172 Å². The van der Waals surface area contributed by atoms with Crippen LogP contribution in [0.2, 0.25) is 0 Å². The molecule has 0 radical (unpaired) electrons. The fraction of sp³-hybridized carbons (Fsp3) is 0.400. The molecule has 0 amide bonds. The first-order chi connectivity index (χ1) is 13.5. The van der Waals surface area contributed by atoms with Crippen LogP contribution >= 0.6 is 23.2 Å². The van der Waals surface area contributed by atoms with Crippen LogP contribution in [-0.2, 0) is 29.4 Å². The van der Waals surface area contributed by atoms with E-state index in [0.717, 1.165) is 0 Å². The van der Waals surface area contributed by atoms with Crippen molar-refractivity contribution in [2.75, 3.05) is 13.2 Å². The molecule has 0 saturated carbocycles. The van der Waals surface area contributed by atoms with E-state index in [2.05, 4.69) is 0 Å². The first-order valence-corrected chi connectivity index (χ1v) is 9.66. The van der Waals surface area contributed by atoms with Gasteiger partial charge in [-0.15, -0.1) is 0 Å². The summed E-state index contributed by atoms with van der Waals surface area (Å²) in [7, 11) is 0. The lowest BCUT2D eigenvalue weighted by Crippen LogP contribution is -2.44. The Morgan fingerprint density at radius 3 is 1.32 bits per heavy atom. The van der Waals surface area contributed by atoms with E-state index in [1.807, 2.05) is 12.1 Å². The van der Waals surface area contributed by atoms with Gasteiger partial charge in [0.25, 0.3) is 10.5 Å². The van der Waals surface area contributed by atoms with Crippen LogP contribution in [-0.4, -0.2) is 47.8 Å². The van der Waals surface area contributed by atoms with E-state index >= 15 is 0 Å². The SMILES string of the molecule is OC[C@@H]1OC(Cl)(c2ccccc2)O[C@@H]1[C@H]1OC(Cl)(c2ccccc2)O[C@@H]1CO. The minimum absolute atomic E-state index is 0.357. The van der Waals surface area contributed by atoms with Gasteiger partial charge < -0.3 is 29.2 Å². The summed E-state index contributed by atoms with van der Waals surface area (Å²) >= 11 is 13.1. The normalized spacial score (nSPS) is 38.0. The van der Waals surface area contributed by atoms with E-state index in [1.54, 1.807) is 48.5 Å². The van der Waals surface area contributed by atoms with Gasteiger partial charge in [0.05, 0.1) is 13.2 Å². The number of rotatable bonds is 5. The number of hydrogen-bond donors (Lipinski definition) is 2. The highest BCUT2D eigenvalue weighted by Crippen LogP contribution is 2.48. The third-order valence-corrected chi connectivity index (χ3v) is 5.63. The smallest absolute Gasteiger partial charge is 0.277 e. The standard InChI is InChI=1S/C20H20Cl2O6/c21-19(13-7-3-1-4-8-13)25-15(11-23)17(27-19)18-16(12-24)26-20(22,28-18)14-9-5-2-6-10-14/h1-10,15-18,23-24H,11-12H2/t15-,16+,17-,18-,19?,20?/m0/s1. The van der Waals surface area contributed by atoms with Crippen LogP contribution < -0.4 is 0 Å². The summed E-state index contributed by atoms with van der Waals surface area (Å²) in [6, 6.07) is 17.9. The monoisotopic (exact) mass is 426 g/mol. The van der Waals surface area contributed by atoms with E-state index in [0.29, 0.717) is 11.1 Å². The average molecular weight is 427 g/mol. The van der Waals surface area contributed by atoms with Crippen LogP contribution in [0.4, 0.5) is 0 Å². The van der Waals surface area contributed by atoms with Crippen LogP contribution in [0.15, 0.2) is 60.7 Å². The van der Waals surface area contributed by atoms with Crippen molar-refractivity contribution in [3.8, 4) is 0 Å². The number of halogens is 2. The summed E-state index contributed by atoms with van der Waals surface area (Å²) in [5.41, 5.74) is 1.16. The van der Waals surface area contributed by atoms with Gasteiger partial charge in [0.2, 0.25) is 0 Å². The molecule has 2 saturated heterocycles. The highest BCUT2D eigenvalue weighted by atomic mass is 35.5. The molecule has 0 bridgehead atoms. The van der Waals surface area contributed by atoms with Crippen LogP contribution in [0.25, 0.3) is 0 Å². The minimum Gasteiger partial charge on any atom is -0.394 e. The molecule has 2 N–H and O–H groups in total. The molecule has 2 aromatic carbocycles. The molecule has 0 spiro atoms. The van der Waals surface area contributed by atoms with Crippen LogP contribution in [0.3, 0.4) is 0 Å². The Morgan fingerprint density at radius 1 is 0.643 bits per heavy atom. The predicted molar refractivity (Wildman–Crippen MR) is 102 cm³/mol. The third kappa shape index (κ3) is 3.56. The Balaban J connectivity index is 1.62. The average Bonchev–Trinajstić information content (AvgIpc) is 3.27. The number of alkyl halides is 2. The molecule has 6 atom stereocenters. The molecule has 6 nitrogen and oxygen atoms in total. The summed E-state index contributed by atoms with van der Waals surface area (Å²) in [4.78, 5) is 0. The predicted octanol–water partition coefficient (Wildman–Crippen LogP) is 2.64. The van der Waals surface area contributed by atoms with Crippen LogP contribution in [0, 0.1) is 0 Å². The van der Waals surface area contributed by atoms with Gasteiger partial charge in [-0.25, -0.2) is 0 Å². The molecule has 8 heteroatoms. The lowest BCUT2D eigenvalue weighted by molar-refractivity contribution is -0.145. The topological polar surface area (TPSA) is 77.4 Å². The Kier molecular flexibility index (Phi) is 5.66. The molecule has 0 aromatic heterocycles. The van der Waals surface area contributed by atoms with E-state index in [1.165, 1.54) is 0 Å². The quantitative estimate of drug-likeness (QED) is 0.715. The zero-order valence-corrected chi connectivity index (χ0v) is 16.3. The largest absolute Gasteiger partial charge is 0.394 e. The number of hydrogen-bond acceptors (Lipinski definition) is 6. The third-order valence-electron chi connectivity index (χ3n) is 4.83. The number of aliphatic hydroxyl groups is 2. The highest BCUT2D eigenvalue weighted by molar-refractivity contribution is 6.22. The van der Waals surface area contributed by atoms with Crippen LogP contribution in [0.1, 0.15) is 11.1 Å². The van der Waals surface area contributed by atoms with Crippen molar-refractivity contribution in [3.63, 3.8) is 0 Å². The van der Waals surface area contributed by atoms with E-state index in [-0.39, 0.29) is 13.2 Å². The minimum atomic E-state index is -1.59. The second kappa shape index (κ2) is 7.89. The second-order valence-corrected chi connectivity index (χ2v) is 7.64. The maximum absolute atomic E-state index is 9.83. The van der Waals surface area contributed by atoms with Crippen molar-refractivity contribution in [2.24, 2.45) is 0 Å². The summed E-state index contributed by atoms with van der Waals surface area (Å²) in [6.45, 7) is -0.713. The van der Waals surface area contributed by atoms with Crippen molar-refractivity contribution in [2.45, 2.75) is 34.9 Å². The molecule has 150 valence electrons. The fourth-order valence-corrected chi connectivity index (χ4v) is 4.15. The van der Waals surface area contributed by atoms with Crippen molar-refractivity contribution in [1.82, 2.24) is 0 Å².